The Balaban J connectivity index is 2.66. The van der Waals surface area contributed by atoms with Crippen molar-refractivity contribution in [3.8, 4) is 0 Å². The molecule has 1 aromatic carbocycles. The molecule has 2 atom stereocenters. The highest BCUT2D eigenvalue weighted by Gasteiger charge is 2.20. The zero-order valence-corrected chi connectivity index (χ0v) is 14.2. The van der Waals surface area contributed by atoms with Crippen molar-refractivity contribution in [1.82, 2.24) is 10.6 Å². The summed E-state index contributed by atoms with van der Waals surface area (Å²) >= 11 is 0. The molecule has 0 saturated heterocycles. The van der Waals surface area contributed by atoms with E-state index in [0.717, 1.165) is 5.56 Å². The largest absolute Gasteiger partial charge is 0.444 e. The first-order valence-corrected chi connectivity index (χ1v) is 7.78. The summed E-state index contributed by atoms with van der Waals surface area (Å²) in [5, 5.41) is 15.2. The second-order valence-electron chi connectivity index (χ2n) is 6.68. The highest BCUT2D eigenvalue weighted by atomic mass is 19.1. The Hall–Kier alpha value is -1.66. The van der Waals surface area contributed by atoms with Gasteiger partial charge in [-0.3, -0.25) is 0 Å². The standard InChI is InChI=1S/C17H27FN2O3/c1-12(21)10-19-11-15(20-16(22)23-17(2,3)4)9-13-6-5-7-14(18)8-13/h5-8,12,15,19,21H,9-11H2,1-4H3,(H,20,22)/t12-,15?/m0/s1. The van der Waals surface area contributed by atoms with Crippen LogP contribution >= 0.6 is 0 Å². The number of ether oxygens (including phenoxy) is 1. The molecule has 5 nitrogen and oxygen atoms in total. The third-order valence-corrected chi connectivity index (χ3v) is 2.92. The molecule has 1 amide bonds. The molecule has 0 fully saturated rings. The molecule has 0 aromatic heterocycles. The first kappa shape index (κ1) is 19.4. The number of carbonyl (C=O) groups is 1. The van der Waals surface area contributed by atoms with E-state index in [1.807, 2.05) is 6.07 Å². The van der Waals surface area contributed by atoms with Gasteiger partial charge in [-0.25, -0.2) is 9.18 Å². The number of aliphatic hydroxyl groups is 1. The molecule has 3 N–H and O–H groups in total. The molecule has 130 valence electrons. The molecular formula is C17H27FN2O3. The second kappa shape index (κ2) is 8.84. The van der Waals surface area contributed by atoms with Gasteiger partial charge in [0, 0.05) is 19.1 Å². The summed E-state index contributed by atoms with van der Waals surface area (Å²) < 4.78 is 18.6. The predicted octanol–water partition coefficient (Wildman–Crippen LogP) is 2.23. The molecule has 0 radical (unpaired) electrons. The maximum Gasteiger partial charge on any atom is 0.407 e. The lowest BCUT2D eigenvalue weighted by atomic mass is 10.1. The fourth-order valence-corrected chi connectivity index (χ4v) is 2.06. The molecule has 0 aliphatic rings. The Morgan fingerprint density at radius 2 is 2.04 bits per heavy atom. The van der Waals surface area contributed by atoms with Gasteiger partial charge in [0.1, 0.15) is 11.4 Å². The van der Waals surface area contributed by atoms with E-state index in [9.17, 15) is 14.3 Å². The van der Waals surface area contributed by atoms with Crippen molar-refractivity contribution in [3.05, 3.63) is 35.6 Å². The smallest absolute Gasteiger partial charge is 0.407 e. The molecule has 1 rings (SSSR count). The van der Waals surface area contributed by atoms with Crippen LogP contribution < -0.4 is 10.6 Å². The van der Waals surface area contributed by atoms with Crippen LogP contribution in [-0.2, 0) is 11.2 Å². The fourth-order valence-electron chi connectivity index (χ4n) is 2.06. The summed E-state index contributed by atoms with van der Waals surface area (Å²) in [5.41, 5.74) is 0.200. The molecule has 0 aliphatic heterocycles. The van der Waals surface area contributed by atoms with Gasteiger partial charge in [-0.05, 0) is 51.8 Å². The Bertz CT molecular complexity index is 501. The quantitative estimate of drug-likeness (QED) is 0.719. The average Bonchev–Trinajstić information content (AvgIpc) is 2.35. The molecule has 6 heteroatoms. The van der Waals surface area contributed by atoms with E-state index in [2.05, 4.69) is 10.6 Å². The third kappa shape index (κ3) is 9.15. The van der Waals surface area contributed by atoms with Gasteiger partial charge in [0.2, 0.25) is 0 Å². The number of aliphatic hydroxyl groups excluding tert-OH is 1. The number of halogens is 1. The predicted molar refractivity (Wildman–Crippen MR) is 87.8 cm³/mol. The number of hydrogen-bond donors (Lipinski definition) is 3. The summed E-state index contributed by atoms with van der Waals surface area (Å²) in [7, 11) is 0. The van der Waals surface area contributed by atoms with Gasteiger partial charge in [-0.15, -0.1) is 0 Å². The van der Waals surface area contributed by atoms with E-state index in [0.29, 0.717) is 19.5 Å². The zero-order valence-electron chi connectivity index (χ0n) is 14.2. The number of alkyl carbamates (subject to hydrolysis) is 1. The van der Waals surface area contributed by atoms with Crippen molar-refractivity contribution >= 4 is 6.09 Å². The molecular weight excluding hydrogens is 299 g/mol. The number of hydrogen-bond acceptors (Lipinski definition) is 4. The van der Waals surface area contributed by atoms with Crippen molar-refractivity contribution in [3.63, 3.8) is 0 Å². The van der Waals surface area contributed by atoms with Gasteiger partial charge >= 0.3 is 6.09 Å². The average molecular weight is 326 g/mol. The molecule has 0 heterocycles. The summed E-state index contributed by atoms with van der Waals surface area (Å²) in [6, 6.07) is 5.99. The van der Waals surface area contributed by atoms with Crippen LogP contribution in [0.25, 0.3) is 0 Å². The van der Waals surface area contributed by atoms with Gasteiger partial charge in [0.05, 0.1) is 6.10 Å². The van der Waals surface area contributed by atoms with Crippen LogP contribution in [0.4, 0.5) is 9.18 Å². The second-order valence-corrected chi connectivity index (χ2v) is 6.68. The van der Waals surface area contributed by atoms with Gasteiger partial charge in [-0.1, -0.05) is 12.1 Å². The lowest BCUT2D eigenvalue weighted by Gasteiger charge is -2.24. The minimum atomic E-state index is -0.583. The highest BCUT2D eigenvalue weighted by molar-refractivity contribution is 5.68. The van der Waals surface area contributed by atoms with Crippen LogP contribution in [-0.4, -0.2) is 42.0 Å². The van der Waals surface area contributed by atoms with Crippen molar-refractivity contribution in [1.29, 1.82) is 0 Å². The Kier molecular flexibility index (Phi) is 7.45. The van der Waals surface area contributed by atoms with E-state index in [1.54, 1.807) is 33.8 Å². The monoisotopic (exact) mass is 326 g/mol. The van der Waals surface area contributed by atoms with Crippen LogP contribution in [0.2, 0.25) is 0 Å². The van der Waals surface area contributed by atoms with E-state index in [-0.39, 0.29) is 11.9 Å². The minimum Gasteiger partial charge on any atom is -0.444 e. The summed E-state index contributed by atoms with van der Waals surface area (Å²) in [6.07, 6.45) is -0.534. The van der Waals surface area contributed by atoms with Crippen LogP contribution in [0, 0.1) is 5.82 Å². The van der Waals surface area contributed by atoms with Gasteiger partial charge in [-0.2, -0.15) is 0 Å². The summed E-state index contributed by atoms with van der Waals surface area (Å²) in [6.45, 7) is 7.91. The molecule has 0 bridgehead atoms. The van der Waals surface area contributed by atoms with Crippen molar-refractivity contribution in [2.75, 3.05) is 13.1 Å². The van der Waals surface area contributed by atoms with E-state index < -0.39 is 17.8 Å². The molecule has 1 unspecified atom stereocenters. The number of nitrogens with one attached hydrogen (secondary N) is 2. The Morgan fingerprint density at radius 3 is 2.61 bits per heavy atom. The molecule has 0 spiro atoms. The summed E-state index contributed by atoms with van der Waals surface area (Å²) in [5.74, 6) is -0.310. The molecule has 0 saturated carbocycles. The third-order valence-electron chi connectivity index (χ3n) is 2.92. The first-order chi connectivity index (χ1) is 10.7. The molecule has 1 aromatic rings. The zero-order chi connectivity index (χ0) is 17.5. The first-order valence-electron chi connectivity index (χ1n) is 7.78. The fraction of sp³-hybridized carbons (Fsp3) is 0.588. The maximum atomic E-state index is 13.3. The van der Waals surface area contributed by atoms with Gasteiger partial charge in [0.25, 0.3) is 0 Å². The molecule has 0 aliphatic carbocycles. The lowest BCUT2D eigenvalue weighted by Crippen LogP contribution is -2.46. The maximum absolute atomic E-state index is 13.3. The van der Waals surface area contributed by atoms with Crippen LogP contribution in [0.3, 0.4) is 0 Å². The van der Waals surface area contributed by atoms with Crippen molar-refractivity contribution < 1.29 is 19.0 Å². The van der Waals surface area contributed by atoms with E-state index in [1.165, 1.54) is 12.1 Å². The van der Waals surface area contributed by atoms with Crippen LogP contribution in [0.1, 0.15) is 33.3 Å². The van der Waals surface area contributed by atoms with E-state index in [4.69, 9.17) is 4.74 Å². The van der Waals surface area contributed by atoms with Gasteiger partial charge in [0.15, 0.2) is 0 Å². The van der Waals surface area contributed by atoms with Crippen molar-refractivity contribution in [2.24, 2.45) is 0 Å². The topological polar surface area (TPSA) is 70.6 Å². The Labute approximate surface area is 137 Å². The highest BCUT2D eigenvalue weighted by Crippen LogP contribution is 2.09. The van der Waals surface area contributed by atoms with Gasteiger partial charge < -0.3 is 20.5 Å². The SMILES string of the molecule is C[C@H](O)CNCC(Cc1cccc(F)c1)NC(=O)OC(C)(C)C. The number of benzene rings is 1. The van der Waals surface area contributed by atoms with E-state index >= 15 is 0 Å². The van der Waals surface area contributed by atoms with Crippen molar-refractivity contribution in [2.45, 2.75) is 51.9 Å². The lowest BCUT2D eigenvalue weighted by molar-refractivity contribution is 0.0503. The Morgan fingerprint density at radius 1 is 1.35 bits per heavy atom. The van der Waals surface area contributed by atoms with Crippen LogP contribution in [0.15, 0.2) is 24.3 Å². The number of rotatable bonds is 7. The minimum absolute atomic E-state index is 0.273. The summed E-state index contributed by atoms with van der Waals surface area (Å²) in [4.78, 5) is 11.9. The molecule has 23 heavy (non-hydrogen) atoms. The van der Waals surface area contributed by atoms with Crippen LogP contribution in [0.5, 0.6) is 0 Å². The number of carbonyl (C=O) groups excluding carboxylic acids is 1. The normalized spacial score (nSPS) is 14.2. The number of amides is 1.